The van der Waals surface area contributed by atoms with E-state index < -0.39 is 15.9 Å². The van der Waals surface area contributed by atoms with Gasteiger partial charge in [0.1, 0.15) is 0 Å². The first-order valence-electron chi connectivity index (χ1n) is 5.75. The maximum Gasteiger partial charge on any atom is 0.276 e. The topological polar surface area (TPSA) is 75.3 Å². The van der Waals surface area contributed by atoms with Crippen LogP contribution < -0.4 is 10.3 Å². The molecule has 0 fully saturated rings. The van der Waals surface area contributed by atoms with Crippen molar-refractivity contribution < 1.29 is 13.2 Å². The van der Waals surface area contributed by atoms with E-state index in [4.69, 9.17) is 11.6 Å². The Morgan fingerprint density at radius 3 is 2.52 bits per heavy atom. The van der Waals surface area contributed by atoms with Crippen LogP contribution in [0.15, 0.2) is 47.2 Å². The third-order valence-corrected chi connectivity index (χ3v) is 4.36. The van der Waals surface area contributed by atoms with Crippen LogP contribution in [0.2, 0.25) is 5.02 Å². The van der Waals surface area contributed by atoms with Crippen LogP contribution in [-0.4, -0.2) is 14.3 Å². The van der Waals surface area contributed by atoms with E-state index in [1.807, 2.05) is 4.83 Å². The molecule has 2 rings (SSSR count). The van der Waals surface area contributed by atoms with Gasteiger partial charge in [-0.15, -0.1) is 16.2 Å². The van der Waals surface area contributed by atoms with Crippen molar-refractivity contribution in [1.29, 1.82) is 0 Å². The van der Waals surface area contributed by atoms with Crippen LogP contribution in [0, 0.1) is 0 Å². The molecule has 1 amide bonds. The molecule has 2 N–H and O–H groups in total. The molecule has 110 valence electrons. The Bertz CT molecular complexity index is 738. The number of nitrogens with one attached hydrogen (secondary N) is 2. The highest BCUT2D eigenvalue weighted by Crippen LogP contribution is 2.11. The molecule has 0 aliphatic heterocycles. The molecule has 21 heavy (non-hydrogen) atoms. The third kappa shape index (κ3) is 4.98. The number of thiophene rings is 1. The molecule has 0 aliphatic carbocycles. The monoisotopic (exact) mass is 342 g/mol. The van der Waals surface area contributed by atoms with Gasteiger partial charge in [0.15, 0.2) is 0 Å². The summed E-state index contributed by atoms with van der Waals surface area (Å²) in [6.45, 7) is 0. The lowest BCUT2D eigenvalue weighted by Gasteiger charge is -2.03. The van der Waals surface area contributed by atoms with Crippen molar-refractivity contribution in [3.05, 3.63) is 62.6 Å². The molecule has 0 bridgehead atoms. The van der Waals surface area contributed by atoms with E-state index in [2.05, 4.69) is 5.43 Å². The summed E-state index contributed by atoms with van der Waals surface area (Å²) in [5, 5.41) is 3.26. The maximum absolute atomic E-state index is 11.7. The zero-order valence-electron chi connectivity index (χ0n) is 10.6. The molecule has 1 aromatic carbocycles. The standard InChI is InChI=1S/C13H11ClN2O3S2/c14-11-5-3-10(4-6-11)7-9-21(18,19)16-15-13(17)12-2-1-8-20-12/h1-9,16H,(H,15,17)/b9-7+. The normalized spacial score (nSPS) is 11.7. The van der Waals surface area contributed by atoms with Crippen molar-refractivity contribution in [2.45, 2.75) is 0 Å². The molecule has 1 heterocycles. The quantitative estimate of drug-likeness (QED) is 0.820. The van der Waals surface area contributed by atoms with Crippen LogP contribution >= 0.6 is 22.9 Å². The van der Waals surface area contributed by atoms with E-state index in [9.17, 15) is 13.2 Å². The Hall–Kier alpha value is -1.67. The summed E-state index contributed by atoms with van der Waals surface area (Å²) in [4.78, 5) is 14.0. The van der Waals surface area contributed by atoms with Crippen molar-refractivity contribution in [3.63, 3.8) is 0 Å². The molecule has 2 aromatic rings. The fraction of sp³-hybridized carbons (Fsp3) is 0. The smallest absolute Gasteiger partial charge is 0.273 e. The first-order valence-corrected chi connectivity index (χ1v) is 8.56. The van der Waals surface area contributed by atoms with Crippen LogP contribution in [0.25, 0.3) is 6.08 Å². The summed E-state index contributed by atoms with van der Waals surface area (Å²) in [5.74, 6) is -0.506. The molecule has 0 aliphatic rings. The fourth-order valence-corrected chi connectivity index (χ4v) is 2.75. The van der Waals surface area contributed by atoms with E-state index >= 15 is 0 Å². The second kappa shape index (κ2) is 6.86. The first-order chi connectivity index (χ1) is 9.96. The summed E-state index contributed by atoms with van der Waals surface area (Å²) < 4.78 is 23.4. The van der Waals surface area contributed by atoms with E-state index in [0.717, 1.165) is 5.41 Å². The molecule has 8 heteroatoms. The van der Waals surface area contributed by atoms with Crippen LogP contribution in [0.1, 0.15) is 15.2 Å². The molecule has 0 spiro atoms. The number of carbonyl (C=O) groups excluding carboxylic acids is 1. The van der Waals surface area contributed by atoms with Crippen LogP contribution in [-0.2, 0) is 10.0 Å². The van der Waals surface area contributed by atoms with Crippen LogP contribution in [0.4, 0.5) is 0 Å². The molecular formula is C13H11ClN2O3S2. The SMILES string of the molecule is O=C(NNS(=O)(=O)/C=C/c1ccc(Cl)cc1)c1cccs1. The molecule has 0 radical (unpaired) electrons. The third-order valence-electron chi connectivity index (χ3n) is 2.36. The molecule has 0 unspecified atom stereocenters. The largest absolute Gasteiger partial charge is 0.276 e. The van der Waals surface area contributed by atoms with Crippen LogP contribution in [0.3, 0.4) is 0 Å². The van der Waals surface area contributed by atoms with Gasteiger partial charge in [-0.1, -0.05) is 29.8 Å². The molecule has 0 saturated carbocycles. The summed E-state index contributed by atoms with van der Waals surface area (Å²) in [6, 6.07) is 9.96. The van der Waals surface area contributed by atoms with Gasteiger partial charge in [0, 0.05) is 10.4 Å². The number of carbonyl (C=O) groups is 1. The minimum absolute atomic E-state index is 0.416. The minimum Gasteiger partial charge on any atom is -0.273 e. The number of benzene rings is 1. The number of halogens is 1. The second-order valence-corrected chi connectivity index (χ2v) is 6.88. The van der Waals surface area contributed by atoms with Gasteiger partial charge >= 0.3 is 0 Å². The van der Waals surface area contributed by atoms with Gasteiger partial charge in [-0.25, -0.2) is 8.42 Å². The average Bonchev–Trinajstić information content (AvgIpc) is 2.99. The predicted molar refractivity (Wildman–Crippen MR) is 84.3 cm³/mol. The van der Waals surface area contributed by atoms with E-state index in [1.165, 1.54) is 17.4 Å². The molecule has 1 aromatic heterocycles. The van der Waals surface area contributed by atoms with Gasteiger partial charge in [0.2, 0.25) is 0 Å². The number of amides is 1. The number of hydrogen-bond donors (Lipinski definition) is 2. The molecular weight excluding hydrogens is 332 g/mol. The van der Waals surface area contributed by atoms with Gasteiger partial charge in [-0.05, 0) is 35.2 Å². The highest BCUT2D eigenvalue weighted by atomic mass is 35.5. The van der Waals surface area contributed by atoms with E-state index in [0.29, 0.717) is 15.5 Å². The van der Waals surface area contributed by atoms with Gasteiger partial charge < -0.3 is 0 Å². The van der Waals surface area contributed by atoms with Crippen molar-refractivity contribution >= 4 is 44.9 Å². The van der Waals surface area contributed by atoms with Gasteiger partial charge in [-0.3, -0.25) is 10.2 Å². The highest BCUT2D eigenvalue weighted by molar-refractivity contribution is 7.92. The molecule has 0 saturated heterocycles. The van der Waals surface area contributed by atoms with E-state index in [-0.39, 0.29) is 0 Å². The lowest BCUT2D eigenvalue weighted by Crippen LogP contribution is -2.40. The van der Waals surface area contributed by atoms with Gasteiger partial charge in [0.05, 0.1) is 4.88 Å². The lowest BCUT2D eigenvalue weighted by atomic mass is 10.2. The first kappa shape index (κ1) is 15.7. The van der Waals surface area contributed by atoms with Crippen molar-refractivity contribution in [1.82, 2.24) is 10.3 Å². The lowest BCUT2D eigenvalue weighted by molar-refractivity contribution is 0.0949. The van der Waals surface area contributed by atoms with Gasteiger partial charge in [0.25, 0.3) is 15.9 Å². The zero-order valence-corrected chi connectivity index (χ0v) is 13.0. The molecule has 5 nitrogen and oxygen atoms in total. The highest BCUT2D eigenvalue weighted by Gasteiger charge is 2.10. The van der Waals surface area contributed by atoms with Crippen LogP contribution in [0.5, 0.6) is 0 Å². The number of sulfonamides is 1. The average molecular weight is 343 g/mol. The summed E-state index contributed by atoms with van der Waals surface area (Å²) in [5.41, 5.74) is 2.81. The number of rotatable bonds is 5. The summed E-state index contributed by atoms with van der Waals surface area (Å²) in [6.07, 6.45) is 1.40. The zero-order chi connectivity index (χ0) is 15.3. The van der Waals surface area contributed by atoms with Crippen molar-refractivity contribution in [2.75, 3.05) is 0 Å². The Labute approximate surface area is 131 Å². The van der Waals surface area contributed by atoms with Crippen molar-refractivity contribution in [2.24, 2.45) is 0 Å². The number of hydrogen-bond acceptors (Lipinski definition) is 4. The Balaban J connectivity index is 1.96. The summed E-state index contributed by atoms with van der Waals surface area (Å²) >= 11 is 6.95. The summed E-state index contributed by atoms with van der Waals surface area (Å²) in [7, 11) is -3.77. The minimum atomic E-state index is -3.77. The van der Waals surface area contributed by atoms with E-state index in [1.54, 1.807) is 41.8 Å². The predicted octanol–water partition coefficient (Wildman–Crippen LogP) is 2.64. The second-order valence-electron chi connectivity index (χ2n) is 3.93. The maximum atomic E-state index is 11.7. The molecule has 0 atom stereocenters. The van der Waals surface area contributed by atoms with Gasteiger partial charge in [-0.2, -0.15) is 0 Å². The Morgan fingerprint density at radius 1 is 1.19 bits per heavy atom. The number of hydrazine groups is 1. The Morgan fingerprint density at radius 2 is 1.90 bits per heavy atom. The Kier molecular flexibility index (Phi) is 5.13. The fourth-order valence-electron chi connectivity index (χ4n) is 1.36. The van der Waals surface area contributed by atoms with Crippen molar-refractivity contribution in [3.8, 4) is 0 Å².